The number of nitrogens with zero attached hydrogens (tertiary/aromatic N) is 2. The molecule has 0 bridgehead atoms. The highest BCUT2D eigenvalue weighted by Gasteiger charge is 2.12. The monoisotopic (exact) mass is 203 g/mol. The molecular weight excluding hydrogens is 186 g/mol. The highest BCUT2D eigenvalue weighted by atomic mass is 15.1. The Labute approximate surface area is 89.9 Å². The average molecular weight is 203 g/mol. The Morgan fingerprint density at radius 1 is 1.20 bits per heavy atom. The van der Waals surface area contributed by atoms with E-state index < -0.39 is 0 Å². The van der Waals surface area contributed by atoms with Crippen molar-refractivity contribution in [2.24, 2.45) is 5.92 Å². The van der Waals surface area contributed by atoms with Crippen LogP contribution in [0.25, 0.3) is 11.0 Å². The average Bonchev–Trinajstić information content (AvgIpc) is 2.59. The Balaban J connectivity index is 2.56. The van der Waals surface area contributed by atoms with Crippen LogP contribution in [0.2, 0.25) is 0 Å². The molecule has 0 radical (unpaired) electrons. The van der Waals surface area contributed by atoms with Crippen molar-refractivity contribution in [3.63, 3.8) is 0 Å². The molecule has 15 heavy (non-hydrogen) atoms. The van der Waals surface area contributed by atoms with Crippen molar-refractivity contribution in [1.29, 1.82) is 0 Å². The van der Waals surface area contributed by atoms with Gasteiger partial charge in [-0.1, -0.05) is 13.8 Å². The third kappa shape index (κ3) is 1.69. The Hall–Kier alpha value is -1.51. The molecule has 0 aliphatic heterocycles. The lowest BCUT2D eigenvalue weighted by molar-refractivity contribution is 0.417. The minimum absolute atomic E-state index is 0.441. The molecule has 2 N–H and O–H groups in total. The van der Waals surface area contributed by atoms with E-state index in [1.165, 1.54) is 0 Å². The van der Waals surface area contributed by atoms with Gasteiger partial charge >= 0.3 is 0 Å². The van der Waals surface area contributed by atoms with E-state index >= 15 is 0 Å². The molecule has 3 nitrogen and oxygen atoms in total. The van der Waals surface area contributed by atoms with Crippen LogP contribution in [0.4, 0.5) is 5.82 Å². The molecule has 80 valence electrons. The van der Waals surface area contributed by atoms with Crippen molar-refractivity contribution in [2.45, 2.75) is 26.8 Å². The lowest BCUT2D eigenvalue weighted by atomic mass is 10.1. The van der Waals surface area contributed by atoms with Gasteiger partial charge < -0.3 is 10.3 Å². The van der Waals surface area contributed by atoms with Crippen molar-refractivity contribution in [3.05, 3.63) is 24.4 Å². The minimum Gasteiger partial charge on any atom is -0.384 e. The maximum Gasteiger partial charge on any atom is 0.142 e. The summed E-state index contributed by atoms with van der Waals surface area (Å²) in [6.07, 6.45) is 2.09. The Kier molecular flexibility index (Phi) is 2.39. The number of hydrogen-bond donors (Lipinski definition) is 1. The van der Waals surface area contributed by atoms with Crippen molar-refractivity contribution in [1.82, 2.24) is 9.55 Å². The summed E-state index contributed by atoms with van der Waals surface area (Å²) >= 11 is 0. The van der Waals surface area contributed by atoms with Gasteiger partial charge in [-0.3, -0.25) is 0 Å². The number of hydrogen-bond acceptors (Lipinski definition) is 2. The van der Waals surface area contributed by atoms with Crippen LogP contribution in [0, 0.1) is 5.92 Å². The van der Waals surface area contributed by atoms with E-state index in [0.29, 0.717) is 17.8 Å². The quantitative estimate of drug-likeness (QED) is 0.815. The lowest BCUT2D eigenvalue weighted by Crippen LogP contribution is -2.11. The van der Waals surface area contributed by atoms with Crippen molar-refractivity contribution in [3.8, 4) is 0 Å². The smallest absolute Gasteiger partial charge is 0.142 e. The van der Waals surface area contributed by atoms with Crippen LogP contribution in [0.5, 0.6) is 0 Å². The maximum atomic E-state index is 5.70. The SMILES string of the molecule is CC(C)C(C)n1ccc2ccc(N)nc21. The van der Waals surface area contributed by atoms with Gasteiger partial charge in [-0.25, -0.2) is 4.98 Å². The molecular formula is C12H17N3. The van der Waals surface area contributed by atoms with Crippen molar-refractivity contribution in [2.75, 3.05) is 5.73 Å². The van der Waals surface area contributed by atoms with E-state index in [0.717, 1.165) is 11.0 Å². The van der Waals surface area contributed by atoms with Crippen LogP contribution in [-0.4, -0.2) is 9.55 Å². The van der Waals surface area contributed by atoms with Crippen LogP contribution in [0.1, 0.15) is 26.8 Å². The standard InChI is InChI=1S/C12H17N3/c1-8(2)9(3)15-7-6-10-4-5-11(13)14-12(10)15/h4-9H,1-3H3,(H2,13,14). The fraction of sp³-hybridized carbons (Fsp3) is 0.417. The first-order valence-corrected chi connectivity index (χ1v) is 5.32. The first-order chi connectivity index (χ1) is 7.09. The Morgan fingerprint density at radius 3 is 2.60 bits per heavy atom. The molecule has 0 amide bonds. The van der Waals surface area contributed by atoms with E-state index in [9.17, 15) is 0 Å². The molecule has 0 spiro atoms. The summed E-state index contributed by atoms with van der Waals surface area (Å²) in [5.41, 5.74) is 6.69. The largest absolute Gasteiger partial charge is 0.384 e. The van der Waals surface area contributed by atoms with Gasteiger partial charge in [-0.05, 0) is 31.0 Å². The summed E-state index contributed by atoms with van der Waals surface area (Å²) in [5.74, 6) is 1.17. The zero-order valence-electron chi connectivity index (χ0n) is 9.44. The van der Waals surface area contributed by atoms with E-state index in [1.807, 2.05) is 12.1 Å². The molecule has 1 atom stereocenters. The van der Waals surface area contributed by atoms with E-state index in [1.54, 1.807) is 0 Å². The molecule has 3 heteroatoms. The highest BCUT2D eigenvalue weighted by Crippen LogP contribution is 2.23. The normalized spacial score (nSPS) is 13.6. The second-order valence-corrected chi connectivity index (χ2v) is 4.36. The molecule has 0 aliphatic carbocycles. The molecule has 2 heterocycles. The van der Waals surface area contributed by atoms with Crippen molar-refractivity contribution < 1.29 is 0 Å². The third-order valence-corrected chi connectivity index (χ3v) is 2.99. The summed E-state index contributed by atoms with van der Waals surface area (Å²) < 4.78 is 2.19. The van der Waals surface area contributed by atoms with E-state index in [2.05, 4.69) is 42.6 Å². The maximum absolute atomic E-state index is 5.70. The summed E-state index contributed by atoms with van der Waals surface area (Å²) in [4.78, 5) is 4.38. The van der Waals surface area contributed by atoms with Crippen molar-refractivity contribution >= 4 is 16.9 Å². The molecule has 0 saturated carbocycles. The number of pyridine rings is 1. The zero-order valence-corrected chi connectivity index (χ0v) is 9.44. The van der Waals surface area contributed by atoms with Crippen LogP contribution in [-0.2, 0) is 0 Å². The van der Waals surface area contributed by atoms with E-state index in [-0.39, 0.29) is 0 Å². The fourth-order valence-corrected chi connectivity index (χ4v) is 1.69. The molecule has 2 aromatic heterocycles. The molecule has 2 rings (SSSR count). The number of anilines is 1. The predicted octanol–water partition coefficient (Wildman–Crippen LogP) is 2.84. The predicted molar refractivity (Wildman–Crippen MR) is 63.7 cm³/mol. The van der Waals surface area contributed by atoms with Gasteiger partial charge in [-0.15, -0.1) is 0 Å². The molecule has 0 saturated heterocycles. The van der Waals surface area contributed by atoms with Crippen LogP contribution in [0.3, 0.4) is 0 Å². The van der Waals surface area contributed by atoms with Crippen LogP contribution < -0.4 is 5.73 Å². The number of nitrogen functional groups attached to an aromatic ring is 1. The summed E-state index contributed by atoms with van der Waals surface area (Å²) in [5, 5.41) is 1.15. The molecule has 1 unspecified atom stereocenters. The van der Waals surface area contributed by atoms with Crippen LogP contribution >= 0.6 is 0 Å². The topological polar surface area (TPSA) is 43.8 Å². The fourth-order valence-electron chi connectivity index (χ4n) is 1.69. The number of nitrogens with two attached hydrogens (primary N) is 1. The van der Waals surface area contributed by atoms with E-state index in [4.69, 9.17) is 5.73 Å². The number of rotatable bonds is 2. The van der Waals surface area contributed by atoms with Gasteiger partial charge in [0, 0.05) is 17.6 Å². The molecule has 2 aromatic rings. The van der Waals surface area contributed by atoms with Gasteiger partial charge in [0.15, 0.2) is 0 Å². The van der Waals surface area contributed by atoms with Gasteiger partial charge in [-0.2, -0.15) is 0 Å². The number of aromatic nitrogens is 2. The molecule has 0 aliphatic rings. The summed E-state index contributed by atoms with van der Waals surface area (Å²) in [7, 11) is 0. The lowest BCUT2D eigenvalue weighted by Gasteiger charge is -2.18. The third-order valence-electron chi connectivity index (χ3n) is 2.99. The molecule has 0 fully saturated rings. The highest BCUT2D eigenvalue weighted by molar-refractivity contribution is 5.77. The summed E-state index contributed by atoms with van der Waals surface area (Å²) in [6.45, 7) is 6.63. The Bertz CT molecular complexity index is 471. The minimum atomic E-state index is 0.441. The van der Waals surface area contributed by atoms with Gasteiger partial charge in [0.25, 0.3) is 0 Å². The first-order valence-electron chi connectivity index (χ1n) is 5.32. The Morgan fingerprint density at radius 2 is 1.93 bits per heavy atom. The second kappa shape index (κ2) is 3.57. The number of fused-ring (bicyclic) bond motifs is 1. The molecule has 0 aromatic carbocycles. The van der Waals surface area contributed by atoms with Gasteiger partial charge in [0.2, 0.25) is 0 Å². The van der Waals surface area contributed by atoms with Gasteiger partial charge in [0.05, 0.1) is 0 Å². The zero-order chi connectivity index (χ0) is 11.0. The second-order valence-electron chi connectivity index (χ2n) is 4.36. The first kappa shape index (κ1) is 10.0. The summed E-state index contributed by atoms with van der Waals surface area (Å²) in [6, 6.07) is 6.38. The van der Waals surface area contributed by atoms with Gasteiger partial charge in [0.1, 0.15) is 11.5 Å². The van der Waals surface area contributed by atoms with Crippen LogP contribution in [0.15, 0.2) is 24.4 Å².